The van der Waals surface area contributed by atoms with Crippen LogP contribution in [0, 0.1) is 0 Å². The number of nitrogens with zero attached hydrogens (tertiary/aromatic N) is 1. The van der Waals surface area contributed by atoms with Crippen molar-refractivity contribution in [1.29, 1.82) is 0 Å². The maximum Gasteiger partial charge on any atom is 0.146 e. The molecule has 11 heavy (non-hydrogen) atoms. The van der Waals surface area contributed by atoms with Gasteiger partial charge in [-0.05, 0) is 18.9 Å². The van der Waals surface area contributed by atoms with E-state index in [9.17, 15) is 0 Å². The van der Waals surface area contributed by atoms with Gasteiger partial charge in [0.1, 0.15) is 4.32 Å². The minimum Gasteiger partial charge on any atom is -0.384 e. The van der Waals surface area contributed by atoms with Crippen molar-refractivity contribution in [1.82, 2.24) is 9.62 Å². The summed E-state index contributed by atoms with van der Waals surface area (Å²) >= 11 is 6.29. The second-order valence-corrected chi connectivity index (χ2v) is 4.39. The highest BCUT2D eigenvalue weighted by Crippen LogP contribution is 2.15. The zero-order valence-corrected chi connectivity index (χ0v) is 8.17. The van der Waals surface area contributed by atoms with Crippen molar-refractivity contribution in [2.75, 3.05) is 19.6 Å². The predicted molar refractivity (Wildman–Crippen MR) is 53.4 cm³/mol. The highest BCUT2D eigenvalue weighted by atomic mass is 32.2. The standard InChI is InChI=1S/C6H13N3S2/c1-5-4-8-2-3-9(5)11-6(7)10/h5,8H,2-4H2,1H3,(H2,7,10). The first kappa shape index (κ1) is 9.25. The molecule has 1 atom stereocenters. The van der Waals surface area contributed by atoms with Gasteiger partial charge in [-0.25, -0.2) is 4.31 Å². The Kier molecular flexibility index (Phi) is 3.58. The number of thiocarbonyl (C=S) groups is 1. The molecule has 0 saturated carbocycles. The summed E-state index contributed by atoms with van der Waals surface area (Å²) < 4.78 is 2.73. The van der Waals surface area contributed by atoms with Crippen molar-refractivity contribution >= 4 is 28.5 Å². The Hall–Kier alpha value is 0.160. The number of hydrogen-bond donors (Lipinski definition) is 2. The van der Waals surface area contributed by atoms with Crippen LogP contribution in [0.25, 0.3) is 0 Å². The maximum absolute atomic E-state index is 5.42. The number of hydrogen-bond acceptors (Lipinski definition) is 4. The first-order chi connectivity index (χ1) is 5.20. The fraction of sp³-hybridized carbons (Fsp3) is 0.833. The van der Waals surface area contributed by atoms with Crippen LogP contribution in [0.2, 0.25) is 0 Å². The number of nitrogens with two attached hydrogens (primary N) is 1. The van der Waals surface area contributed by atoms with Crippen molar-refractivity contribution in [2.45, 2.75) is 13.0 Å². The molecule has 1 aliphatic rings. The molecule has 0 radical (unpaired) electrons. The third kappa shape index (κ3) is 2.94. The van der Waals surface area contributed by atoms with E-state index in [4.69, 9.17) is 18.0 Å². The molecule has 3 N–H and O–H groups in total. The third-order valence-electron chi connectivity index (χ3n) is 1.65. The number of piperazine rings is 1. The molecule has 0 aliphatic carbocycles. The highest BCUT2D eigenvalue weighted by molar-refractivity contribution is 8.21. The van der Waals surface area contributed by atoms with Gasteiger partial charge in [-0.2, -0.15) is 0 Å². The molecule has 0 aromatic heterocycles. The fourth-order valence-electron chi connectivity index (χ4n) is 1.07. The van der Waals surface area contributed by atoms with Gasteiger partial charge in [0.05, 0.1) is 0 Å². The van der Waals surface area contributed by atoms with Crippen LogP contribution in [0.1, 0.15) is 6.92 Å². The van der Waals surface area contributed by atoms with E-state index in [1.807, 2.05) is 0 Å². The average molecular weight is 191 g/mol. The fourth-order valence-corrected chi connectivity index (χ4v) is 2.03. The molecule has 3 nitrogen and oxygen atoms in total. The third-order valence-corrected chi connectivity index (χ3v) is 2.83. The van der Waals surface area contributed by atoms with Gasteiger partial charge in [0, 0.05) is 25.7 Å². The molecule has 0 bridgehead atoms. The van der Waals surface area contributed by atoms with Gasteiger partial charge < -0.3 is 11.1 Å². The number of nitrogens with one attached hydrogen (secondary N) is 1. The van der Waals surface area contributed by atoms with E-state index in [-0.39, 0.29) is 0 Å². The lowest BCUT2D eigenvalue weighted by Gasteiger charge is -2.31. The molecule has 1 saturated heterocycles. The molecular weight excluding hydrogens is 178 g/mol. The Bertz CT molecular complexity index is 151. The summed E-state index contributed by atoms with van der Waals surface area (Å²) in [5, 5.41) is 3.30. The van der Waals surface area contributed by atoms with Gasteiger partial charge in [-0.3, -0.25) is 0 Å². The SMILES string of the molecule is CC1CNCCN1SC(N)=S. The first-order valence-corrected chi connectivity index (χ1v) is 4.83. The van der Waals surface area contributed by atoms with Gasteiger partial charge in [-0.1, -0.05) is 12.2 Å². The molecule has 1 unspecified atom stereocenters. The van der Waals surface area contributed by atoms with E-state index in [0.29, 0.717) is 10.4 Å². The van der Waals surface area contributed by atoms with Crippen LogP contribution in [0.15, 0.2) is 0 Å². The lowest BCUT2D eigenvalue weighted by Crippen LogP contribution is -2.47. The van der Waals surface area contributed by atoms with E-state index in [1.165, 1.54) is 11.9 Å². The molecule has 1 aliphatic heterocycles. The van der Waals surface area contributed by atoms with E-state index < -0.39 is 0 Å². The van der Waals surface area contributed by atoms with Gasteiger partial charge in [0.2, 0.25) is 0 Å². The minimum atomic E-state index is 0.513. The van der Waals surface area contributed by atoms with Crippen LogP contribution >= 0.6 is 24.2 Å². The van der Waals surface area contributed by atoms with Crippen molar-refractivity contribution in [2.24, 2.45) is 5.73 Å². The Morgan fingerprint density at radius 2 is 2.55 bits per heavy atom. The maximum atomic E-state index is 5.42. The molecule has 1 heterocycles. The quantitative estimate of drug-likeness (QED) is 0.457. The van der Waals surface area contributed by atoms with Crippen LogP contribution in [0.4, 0.5) is 0 Å². The van der Waals surface area contributed by atoms with E-state index in [0.717, 1.165) is 19.6 Å². The second-order valence-electron chi connectivity index (χ2n) is 2.60. The molecule has 0 amide bonds. The Morgan fingerprint density at radius 3 is 3.09 bits per heavy atom. The van der Waals surface area contributed by atoms with E-state index >= 15 is 0 Å². The summed E-state index contributed by atoms with van der Waals surface area (Å²) in [7, 11) is 0. The Labute approximate surface area is 76.8 Å². The molecule has 1 fully saturated rings. The minimum absolute atomic E-state index is 0.513. The van der Waals surface area contributed by atoms with Gasteiger partial charge in [0.25, 0.3) is 0 Å². The second kappa shape index (κ2) is 4.25. The lowest BCUT2D eigenvalue weighted by molar-refractivity contribution is 0.311. The van der Waals surface area contributed by atoms with E-state index in [1.54, 1.807) is 0 Å². The van der Waals surface area contributed by atoms with Crippen molar-refractivity contribution in [3.8, 4) is 0 Å². The monoisotopic (exact) mass is 191 g/mol. The van der Waals surface area contributed by atoms with Gasteiger partial charge in [0.15, 0.2) is 0 Å². The molecule has 1 rings (SSSR count). The summed E-state index contributed by atoms with van der Waals surface area (Å²) in [4.78, 5) is 0. The summed E-state index contributed by atoms with van der Waals surface area (Å²) in [6, 6.07) is 0.523. The van der Waals surface area contributed by atoms with Crippen LogP contribution in [-0.4, -0.2) is 34.3 Å². The normalized spacial score (nSPS) is 26.8. The molecule has 0 aromatic rings. The largest absolute Gasteiger partial charge is 0.384 e. The molecule has 5 heteroatoms. The summed E-state index contributed by atoms with van der Waals surface area (Å²) in [6.07, 6.45) is 0. The lowest BCUT2D eigenvalue weighted by atomic mass is 10.3. The topological polar surface area (TPSA) is 41.3 Å². The molecule has 0 spiro atoms. The average Bonchev–Trinajstić information content (AvgIpc) is 1.93. The molecule has 0 aromatic carbocycles. The number of rotatable bonds is 1. The Balaban J connectivity index is 2.35. The smallest absolute Gasteiger partial charge is 0.146 e. The van der Waals surface area contributed by atoms with Crippen LogP contribution in [-0.2, 0) is 0 Å². The summed E-state index contributed by atoms with van der Waals surface area (Å²) in [6.45, 7) is 5.23. The van der Waals surface area contributed by atoms with Crippen molar-refractivity contribution in [3.05, 3.63) is 0 Å². The van der Waals surface area contributed by atoms with Gasteiger partial charge >= 0.3 is 0 Å². The molecular formula is C6H13N3S2. The van der Waals surface area contributed by atoms with Crippen LogP contribution in [0.3, 0.4) is 0 Å². The summed E-state index contributed by atoms with van der Waals surface area (Å²) in [5.41, 5.74) is 5.42. The predicted octanol–water partition coefficient (Wildman–Crippen LogP) is 0.172. The zero-order chi connectivity index (χ0) is 8.27. The van der Waals surface area contributed by atoms with Crippen molar-refractivity contribution < 1.29 is 0 Å². The molecule has 64 valence electrons. The van der Waals surface area contributed by atoms with Crippen molar-refractivity contribution in [3.63, 3.8) is 0 Å². The Morgan fingerprint density at radius 1 is 1.82 bits per heavy atom. The summed E-state index contributed by atoms with van der Waals surface area (Å²) in [5.74, 6) is 0. The van der Waals surface area contributed by atoms with Gasteiger partial charge in [-0.15, -0.1) is 0 Å². The first-order valence-electron chi connectivity index (χ1n) is 3.65. The van der Waals surface area contributed by atoms with E-state index in [2.05, 4.69) is 16.5 Å². The highest BCUT2D eigenvalue weighted by Gasteiger charge is 2.18. The zero-order valence-electron chi connectivity index (χ0n) is 6.54. The van der Waals surface area contributed by atoms with Crippen LogP contribution < -0.4 is 11.1 Å². The van der Waals surface area contributed by atoms with Crippen LogP contribution in [0.5, 0.6) is 0 Å².